The summed E-state index contributed by atoms with van der Waals surface area (Å²) in [6.07, 6.45) is 0.830. The molecule has 0 saturated carbocycles. The Balaban J connectivity index is 3.43. The summed E-state index contributed by atoms with van der Waals surface area (Å²) >= 11 is 0. The summed E-state index contributed by atoms with van der Waals surface area (Å²) in [6.45, 7) is 0. The van der Waals surface area contributed by atoms with E-state index in [4.69, 9.17) is 5.73 Å². The monoisotopic (exact) mass is 174 g/mol. The van der Waals surface area contributed by atoms with Crippen LogP contribution in [0.4, 0.5) is 0 Å². The molecule has 0 spiro atoms. The molecule has 0 bridgehead atoms. The Morgan fingerprint density at radius 2 is 2.17 bits per heavy atom. The van der Waals surface area contributed by atoms with Crippen molar-refractivity contribution in [2.24, 2.45) is 5.73 Å². The number of carbonyl (C=O) groups is 2. The van der Waals surface area contributed by atoms with E-state index < -0.39 is 12.0 Å². The van der Waals surface area contributed by atoms with Crippen molar-refractivity contribution in [1.29, 1.82) is 0 Å². The molecule has 1 atom stereocenters. The molecule has 1 unspecified atom stereocenters. The minimum atomic E-state index is -1.29. The highest BCUT2D eigenvalue weighted by molar-refractivity contribution is 5.71. The van der Waals surface area contributed by atoms with E-state index >= 15 is 0 Å². The number of hydrogen-bond donors (Lipinski definition) is 1. The number of methoxy groups -OCH3 is 1. The first-order chi connectivity index (χ1) is 5.57. The van der Waals surface area contributed by atoms with Crippen LogP contribution < -0.4 is 10.8 Å². The van der Waals surface area contributed by atoms with E-state index in [2.05, 4.69) is 4.74 Å². The SMILES string of the molecule is COC(=O)CCCC(N)C(=O)[O-]. The third kappa shape index (κ3) is 4.68. The highest BCUT2D eigenvalue weighted by Gasteiger charge is 2.05. The van der Waals surface area contributed by atoms with Crippen molar-refractivity contribution >= 4 is 11.9 Å². The van der Waals surface area contributed by atoms with Gasteiger partial charge in [-0.3, -0.25) is 4.79 Å². The van der Waals surface area contributed by atoms with Gasteiger partial charge in [-0.2, -0.15) is 0 Å². The molecule has 0 rings (SSSR count). The van der Waals surface area contributed by atoms with Gasteiger partial charge in [0, 0.05) is 12.5 Å². The van der Waals surface area contributed by atoms with Gasteiger partial charge < -0.3 is 20.4 Å². The minimum Gasteiger partial charge on any atom is -0.548 e. The van der Waals surface area contributed by atoms with Gasteiger partial charge in [-0.1, -0.05) is 0 Å². The number of esters is 1. The molecular formula is C7H12NO4-. The third-order valence-electron chi connectivity index (χ3n) is 1.43. The van der Waals surface area contributed by atoms with Crippen LogP contribution >= 0.6 is 0 Å². The molecule has 0 aliphatic rings. The fourth-order valence-electron chi connectivity index (χ4n) is 0.686. The van der Waals surface area contributed by atoms with Crippen LogP contribution in [0.1, 0.15) is 19.3 Å². The predicted octanol–water partition coefficient (Wildman–Crippen LogP) is -1.59. The van der Waals surface area contributed by atoms with Crippen molar-refractivity contribution in [3.8, 4) is 0 Å². The molecule has 0 aromatic rings. The summed E-state index contributed by atoms with van der Waals surface area (Å²) in [5, 5.41) is 10.1. The van der Waals surface area contributed by atoms with Crippen LogP contribution in [-0.2, 0) is 14.3 Å². The fourth-order valence-corrected chi connectivity index (χ4v) is 0.686. The highest BCUT2D eigenvalue weighted by Crippen LogP contribution is 1.99. The first kappa shape index (κ1) is 10.9. The first-order valence-electron chi connectivity index (χ1n) is 3.61. The number of hydrogen-bond acceptors (Lipinski definition) is 5. The van der Waals surface area contributed by atoms with Crippen molar-refractivity contribution in [2.75, 3.05) is 7.11 Å². The summed E-state index contributed by atoms with van der Waals surface area (Å²) in [6, 6.07) is -0.991. The standard InChI is InChI=1S/C7H13NO4/c1-12-6(9)4-2-3-5(8)7(10)11/h5H,2-4,8H2,1H3,(H,10,11)/p-1. The maximum atomic E-state index is 10.5. The maximum absolute atomic E-state index is 10.5. The molecule has 5 heteroatoms. The zero-order valence-corrected chi connectivity index (χ0v) is 6.91. The van der Waals surface area contributed by atoms with Gasteiger partial charge in [-0.15, -0.1) is 0 Å². The van der Waals surface area contributed by atoms with Crippen molar-refractivity contribution in [1.82, 2.24) is 0 Å². The van der Waals surface area contributed by atoms with Gasteiger partial charge in [0.25, 0.3) is 0 Å². The lowest BCUT2D eigenvalue weighted by Crippen LogP contribution is -2.41. The van der Waals surface area contributed by atoms with E-state index in [1.165, 1.54) is 7.11 Å². The molecule has 2 N–H and O–H groups in total. The quantitative estimate of drug-likeness (QED) is 0.507. The molecule has 0 radical (unpaired) electrons. The molecule has 0 fully saturated rings. The Bertz CT molecular complexity index is 169. The maximum Gasteiger partial charge on any atom is 0.305 e. The number of carbonyl (C=O) groups excluding carboxylic acids is 2. The molecule has 0 heterocycles. The summed E-state index contributed by atoms with van der Waals surface area (Å²) in [4.78, 5) is 20.6. The van der Waals surface area contributed by atoms with Gasteiger partial charge in [-0.05, 0) is 12.8 Å². The summed E-state index contributed by atoms with van der Waals surface area (Å²) in [5.41, 5.74) is 5.13. The van der Waals surface area contributed by atoms with Crippen LogP contribution in [0.5, 0.6) is 0 Å². The lowest BCUT2D eigenvalue weighted by Gasteiger charge is -2.10. The predicted molar refractivity (Wildman–Crippen MR) is 38.8 cm³/mol. The van der Waals surface area contributed by atoms with E-state index in [9.17, 15) is 14.7 Å². The van der Waals surface area contributed by atoms with E-state index in [-0.39, 0.29) is 18.8 Å². The number of aliphatic carboxylic acids is 1. The fraction of sp³-hybridized carbons (Fsp3) is 0.714. The number of carboxylic acid groups (broad SMARTS) is 1. The van der Waals surface area contributed by atoms with E-state index in [0.717, 1.165) is 0 Å². The summed E-state index contributed by atoms with van der Waals surface area (Å²) < 4.78 is 4.35. The van der Waals surface area contributed by atoms with E-state index in [1.807, 2.05) is 0 Å². The Hall–Kier alpha value is -1.10. The molecule has 70 valence electrons. The van der Waals surface area contributed by atoms with Gasteiger partial charge in [0.1, 0.15) is 0 Å². The highest BCUT2D eigenvalue weighted by atomic mass is 16.5. The number of nitrogens with two attached hydrogens (primary N) is 1. The van der Waals surface area contributed by atoms with Crippen LogP contribution in [0.3, 0.4) is 0 Å². The Morgan fingerprint density at radius 3 is 2.58 bits per heavy atom. The Morgan fingerprint density at radius 1 is 1.58 bits per heavy atom. The van der Waals surface area contributed by atoms with Crippen LogP contribution in [-0.4, -0.2) is 25.1 Å². The van der Waals surface area contributed by atoms with Crippen molar-refractivity contribution in [2.45, 2.75) is 25.3 Å². The molecule has 0 aromatic carbocycles. The topological polar surface area (TPSA) is 92.5 Å². The average molecular weight is 174 g/mol. The summed E-state index contributed by atoms with van der Waals surface area (Å²) in [5.74, 6) is -1.65. The molecule has 0 aromatic heterocycles. The lowest BCUT2D eigenvalue weighted by molar-refractivity contribution is -0.307. The number of ether oxygens (including phenoxy) is 1. The second kappa shape index (κ2) is 5.54. The molecule has 5 nitrogen and oxygen atoms in total. The van der Waals surface area contributed by atoms with Gasteiger partial charge in [0.05, 0.1) is 13.1 Å². The van der Waals surface area contributed by atoms with Gasteiger partial charge in [0.15, 0.2) is 0 Å². The minimum absolute atomic E-state index is 0.192. The second-order valence-corrected chi connectivity index (χ2v) is 2.39. The molecule has 12 heavy (non-hydrogen) atoms. The zero-order chi connectivity index (χ0) is 9.56. The Labute approximate surface area is 70.5 Å². The van der Waals surface area contributed by atoms with E-state index in [0.29, 0.717) is 6.42 Å². The second-order valence-electron chi connectivity index (χ2n) is 2.39. The van der Waals surface area contributed by atoms with Crippen LogP contribution in [0, 0.1) is 0 Å². The normalized spacial score (nSPS) is 12.2. The van der Waals surface area contributed by atoms with E-state index in [1.54, 1.807) is 0 Å². The van der Waals surface area contributed by atoms with Crippen molar-refractivity contribution in [3.05, 3.63) is 0 Å². The molecule has 0 saturated heterocycles. The van der Waals surface area contributed by atoms with Crippen molar-refractivity contribution in [3.63, 3.8) is 0 Å². The van der Waals surface area contributed by atoms with Crippen LogP contribution in [0.2, 0.25) is 0 Å². The zero-order valence-electron chi connectivity index (χ0n) is 6.91. The largest absolute Gasteiger partial charge is 0.548 e. The molecule has 0 aliphatic carbocycles. The Kier molecular flexibility index (Phi) is 5.03. The van der Waals surface area contributed by atoms with Gasteiger partial charge in [0.2, 0.25) is 0 Å². The first-order valence-corrected chi connectivity index (χ1v) is 3.61. The lowest BCUT2D eigenvalue weighted by atomic mass is 10.1. The van der Waals surface area contributed by atoms with Crippen molar-refractivity contribution < 1.29 is 19.4 Å². The third-order valence-corrected chi connectivity index (χ3v) is 1.43. The smallest absolute Gasteiger partial charge is 0.305 e. The summed E-state index contributed by atoms with van der Waals surface area (Å²) in [7, 11) is 1.28. The number of carboxylic acids is 1. The van der Waals surface area contributed by atoms with Gasteiger partial charge >= 0.3 is 5.97 Å². The number of rotatable bonds is 5. The van der Waals surface area contributed by atoms with Crippen LogP contribution in [0.15, 0.2) is 0 Å². The molecule has 0 aliphatic heterocycles. The molecule has 0 amide bonds. The molecular weight excluding hydrogens is 162 g/mol. The van der Waals surface area contributed by atoms with Gasteiger partial charge in [-0.25, -0.2) is 0 Å². The van der Waals surface area contributed by atoms with Crippen LogP contribution in [0.25, 0.3) is 0 Å². The average Bonchev–Trinajstić information content (AvgIpc) is 2.03.